The smallest absolute Gasteiger partial charge is 0.256 e. The van der Waals surface area contributed by atoms with Crippen LogP contribution in [-0.4, -0.2) is 18.0 Å². The van der Waals surface area contributed by atoms with Gasteiger partial charge in [0.1, 0.15) is 17.2 Å². The zero-order chi connectivity index (χ0) is 65.1. The summed E-state index contributed by atoms with van der Waals surface area (Å²) in [5.74, 6) is 2.96. The van der Waals surface area contributed by atoms with E-state index in [-0.39, 0.29) is 13.4 Å². The molecule has 9 heteroatoms. The summed E-state index contributed by atoms with van der Waals surface area (Å²) in [6.07, 6.45) is 0. The van der Waals surface area contributed by atoms with Crippen LogP contribution in [0.4, 0.5) is 68.2 Å². The first-order valence-corrected chi connectivity index (χ1v) is 34.0. The molecule has 20 rings (SSSR count). The van der Waals surface area contributed by atoms with Crippen molar-refractivity contribution in [3.63, 3.8) is 0 Å². The quantitative estimate of drug-likeness (QED) is 0.120. The Morgan fingerprint density at radius 1 is 0.253 bits per heavy atom. The van der Waals surface area contributed by atoms with Gasteiger partial charge in [-0.3, -0.25) is 0 Å². The average molecular weight is 1260 g/mol. The highest BCUT2D eigenvalue weighted by Gasteiger charge is 2.49. The van der Waals surface area contributed by atoms with E-state index in [2.05, 4.69) is 382 Å². The van der Waals surface area contributed by atoms with E-state index in [9.17, 15) is 0 Å². The van der Waals surface area contributed by atoms with Crippen LogP contribution < -0.4 is 61.9 Å². The highest BCUT2D eigenvalue weighted by Crippen LogP contribution is 2.53. The van der Waals surface area contributed by atoms with Gasteiger partial charge in [-0.05, 0) is 164 Å². The van der Waals surface area contributed by atoms with Gasteiger partial charge in [-0.15, -0.1) is 0 Å². The first kappa shape index (κ1) is 56.4. The average Bonchev–Trinajstić information content (AvgIpc) is 1.40. The molecule has 0 fully saturated rings. The van der Waals surface area contributed by atoms with Gasteiger partial charge >= 0.3 is 0 Å². The van der Waals surface area contributed by atoms with Gasteiger partial charge in [-0.1, -0.05) is 237 Å². The van der Waals surface area contributed by atoms with Crippen molar-refractivity contribution < 1.29 is 9.47 Å². The summed E-state index contributed by atoms with van der Waals surface area (Å²) in [7, 11) is 0. The molecule has 16 aromatic rings. The zero-order valence-electron chi connectivity index (χ0n) is 53.8. The van der Waals surface area contributed by atoms with E-state index in [1.807, 2.05) is 0 Å². The number of benzene rings is 15. The minimum Gasteiger partial charge on any atom is -0.456 e. The molecule has 0 spiro atoms. The van der Waals surface area contributed by atoms with E-state index >= 15 is 0 Å². The van der Waals surface area contributed by atoms with E-state index in [0.717, 1.165) is 163 Å². The van der Waals surface area contributed by atoms with Crippen LogP contribution in [-0.2, 0) is 0 Å². The van der Waals surface area contributed by atoms with Crippen LogP contribution >= 0.6 is 0 Å². The fourth-order valence-electron chi connectivity index (χ4n) is 16.2. The van der Waals surface area contributed by atoms with Crippen molar-refractivity contribution in [3.8, 4) is 50.9 Å². The van der Waals surface area contributed by atoms with Crippen molar-refractivity contribution in [3.05, 3.63) is 358 Å². The molecular weight excluding hydrogens is 1200 g/mol. The monoisotopic (exact) mass is 1260 g/mol. The summed E-state index contributed by atoms with van der Waals surface area (Å²) in [6, 6.07) is 130. The molecule has 0 unspecified atom stereocenters. The van der Waals surface area contributed by atoms with Crippen LogP contribution in [0.25, 0.3) is 49.7 Å². The molecule has 0 aliphatic carbocycles. The third-order valence-corrected chi connectivity index (χ3v) is 20.4. The standard InChI is InChI=1S/C90H59B2N5O2/c1-9-29-60(30-10-1)62-49-51-72-73-52-50-63(61-31-11-2-12-32-61)54-81(73)97(80(72)53-62)88-89-76(91-74-45-25-27-47-78(74)95(68-41-21-7-22-42-68)82-55-70(57-84(98-89)86(82)91)93(64-33-13-3-14-34-64)65-35-15-4-16-36-65)59-77-90(88)99-85-58-71(94(66-37-17-5-18-38-66)67-39-19-6-20-40-67)56-83-87(85)92(77)75-46-26-28-48-79(75)96(83)69-43-23-8-24-44-69/h1-59H. The lowest BCUT2D eigenvalue weighted by atomic mass is 9.31. The van der Waals surface area contributed by atoms with Gasteiger partial charge < -0.3 is 33.6 Å². The molecule has 15 aromatic carbocycles. The third kappa shape index (κ3) is 9.01. The predicted molar refractivity (Wildman–Crippen MR) is 413 cm³/mol. The molecule has 0 radical (unpaired) electrons. The molecule has 0 amide bonds. The van der Waals surface area contributed by atoms with Crippen LogP contribution in [0.1, 0.15) is 0 Å². The van der Waals surface area contributed by atoms with Crippen molar-refractivity contribution >= 4 is 136 Å². The number of hydrogen-bond donors (Lipinski definition) is 0. The van der Waals surface area contributed by atoms with Gasteiger partial charge in [-0.2, -0.15) is 0 Å². The van der Waals surface area contributed by atoms with Gasteiger partial charge in [-0.25, -0.2) is 0 Å². The first-order chi connectivity index (χ1) is 49.1. The Morgan fingerprint density at radius 3 is 0.960 bits per heavy atom. The molecule has 0 N–H and O–H groups in total. The van der Waals surface area contributed by atoms with Crippen molar-refractivity contribution in [1.82, 2.24) is 4.57 Å². The summed E-state index contributed by atoms with van der Waals surface area (Å²) in [5, 5.41) is 2.23. The van der Waals surface area contributed by atoms with Crippen molar-refractivity contribution in [2.24, 2.45) is 0 Å². The topological polar surface area (TPSA) is 36.4 Å². The van der Waals surface area contributed by atoms with Crippen LogP contribution in [0, 0.1) is 0 Å². The molecule has 5 heterocycles. The minimum absolute atomic E-state index is 0.323. The van der Waals surface area contributed by atoms with Gasteiger partial charge in [0.15, 0.2) is 11.5 Å². The number of hydrogen-bond acceptors (Lipinski definition) is 6. The molecule has 0 saturated heterocycles. The molecule has 0 saturated carbocycles. The maximum Gasteiger partial charge on any atom is 0.256 e. The number of fused-ring (bicyclic) bond motifs is 11. The molecule has 7 nitrogen and oxygen atoms in total. The first-order valence-electron chi connectivity index (χ1n) is 34.0. The maximum atomic E-state index is 8.28. The van der Waals surface area contributed by atoms with Gasteiger partial charge in [0.2, 0.25) is 0 Å². The van der Waals surface area contributed by atoms with Crippen molar-refractivity contribution in [2.45, 2.75) is 0 Å². The highest BCUT2D eigenvalue weighted by atomic mass is 16.5. The Bertz CT molecular complexity index is 5390. The number of para-hydroxylation sites is 8. The number of anilines is 12. The summed E-state index contributed by atoms with van der Waals surface area (Å²) < 4.78 is 19.1. The number of nitrogens with zero attached hydrogens (tertiary/aromatic N) is 5. The Kier molecular flexibility index (Phi) is 13.0. The second kappa shape index (κ2) is 22.9. The normalized spacial score (nSPS) is 12.7. The van der Waals surface area contributed by atoms with E-state index in [1.165, 1.54) is 10.9 Å². The molecule has 462 valence electrons. The van der Waals surface area contributed by atoms with Crippen LogP contribution in [0.15, 0.2) is 358 Å². The van der Waals surface area contributed by atoms with Gasteiger partial charge in [0, 0.05) is 79.8 Å². The Morgan fingerprint density at radius 2 is 0.586 bits per heavy atom. The van der Waals surface area contributed by atoms with Gasteiger partial charge in [0.05, 0.1) is 22.4 Å². The lowest BCUT2D eigenvalue weighted by Gasteiger charge is -2.43. The number of ether oxygens (including phenoxy) is 2. The minimum atomic E-state index is -0.323. The third-order valence-electron chi connectivity index (χ3n) is 20.4. The van der Waals surface area contributed by atoms with Crippen LogP contribution in [0.3, 0.4) is 0 Å². The number of aromatic nitrogens is 1. The lowest BCUT2D eigenvalue weighted by molar-refractivity contribution is 0.462. The molecule has 0 bridgehead atoms. The summed E-state index contributed by atoms with van der Waals surface area (Å²) >= 11 is 0. The summed E-state index contributed by atoms with van der Waals surface area (Å²) in [4.78, 5) is 9.61. The van der Waals surface area contributed by atoms with E-state index in [0.29, 0.717) is 0 Å². The van der Waals surface area contributed by atoms with Crippen LogP contribution in [0.5, 0.6) is 23.0 Å². The second-order valence-electron chi connectivity index (χ2n) is 25.9. The molecular formula is C90H59B2N5O2. The Labute approximate surface area is 575 Å². The molecule has 4 aliphatic rings. The Hall–Kier alpha value is -13.0. The Balaban J connectivity index is 0.941. The summed E-state index contributed by atoms with van der Waals surface area (Å²) in [6.45, 7) is -0.646. The predicted octanol–water partition coefficient (Wildman–Crippen LogP) is 19.9. The summed E-state index contributed by atoms with van der Waals surface area (Å²) in [5.41, 5.74) is 26.3. The SMILES string of the molecule is c1ccc(-c2ccc3c4ccc(-c5ccccc5)cc4n(-c4c5c(cc6c4Oc4cc(N(c7ccccc7)c7ccccc7)cc7c4B6c4ccccc4N7c4ccccc4)B4c6ccccc6N(c6ccccc6)c6cc(N(c7ccccc7)c7ccccc7)cc(c64)O5)c3c2)cc1. The largest absolute Gasteiger partial charge is 0.456 e. The fraction of sp³-hybridized carbons (Fsp3) is 0. The second-order valence-corrected chi connectivity index (χ2v) is 25.9. The molecule has 4 aliphatic heterocycles. The van der Waals surface area contributed by atoms with Crippen LogP contribution in [0.2, 0.25) is 0 Å². The fourth-order valence-corrected chi connectivity index (χ4v) is 16.2. The molecule has 1 aromatic heterocycles. The van der Waals surface area contributed by atoms with Crippen molar-refractivity contribution in [2.75, 3.05) is 19.6 Å². The lowest BCUT2D eigenvalue weighted by Crippen LogP contribution is -2.63. The molecule has 0 atom stereocenters. The molecule has 99 heavy (non-hydrogen) atoms. The van der Waals surface area contributed by atoms with Crippen molar-refractivity contribution in [1.29, 1.82) is 0 Å². The zero-order valence-corrected chi connectivity index (χ0v) is 53.8. The maximum absolute atomic E-state index is 8.28. The van der Waals surface area contributed by atoms with E-state index < -0.39 is 0 Å². The van der Waals surface area contributed by atoms with E-state index in [4.69, 9.17) is 9.47 Å². The number of rotatable bonds is 11. The van der Waals surface area contributed by atoms with E-state index in [1.54, 1.807) is 0 Å². The van der Waals surface area contributed by atoms with Gasteiger partial charge in [0.25, 0.3) is 13.4 Å². The highest BCUT2D eigenvalue weighted by molar-refractivity contribution is 7.02.